The minimum absolute atomic E-state index is 0.112. The summed E-state index contributed by atoms with van der Waals surface area (Å²) in [5, 5.41) is 9.88. The van der Waals surface area contributed by atoms with Gasteiger partial charge in [-0.05, 0) is 18.6 Å². The number of fused-ring (bicyclic) bond motifs is 1. The van der Waals surface area contributed by atoms with Crippen molar-refractivity contribution < 1.29 is 14.6 Å². The van der Waals surface area contributed by atoms with Crippen molar-refractivity contribution in [1.82, 2.24) is 9.55 Å². The quantitative estimate of drug-likeness (QED) is 0.849. The summed E-state index contributed by atoms with van der Waals surface area (Å²) < 4.78 is 6.78. The first-order valence-electron chi connectivity index (χ1n) is 6.61. The number of carbonyl (C=O) groups excluding carboxylic acids is 1. The van der Waals surface area contributed by atoms with Crippen LogP contribution in [0.3, 0.4) is 0 Å². The van der Waals surface area contributed by atoms with Crippen LogP contribution in [0.2, 0.25) is 0 Å². The van der Waals surface area contributed by atoms with E-state index in [4.69, 9.17) is 4.74 Å². The number of carbonyl (C=O) groups is 1. The van der Waals surface area contributed by atoms with Gasteiger partial charge in [0, 0.05) is 24.7 Å². The lowest BCUT2D eigenvalue weighted by Gasteiger charge is -2.21. The molecule has 0 saturated carbocycles. The molecule has 1 aliphatic heterocycles. The Bertz CT molecular complexity index is 648. The highest BCUT2D eigenvalue weighted by Crippen LogP contribution is 2.30. The summed E-state index contributed by atoms with van der Waals surface area (Å²) in [7, 11) is 1.42. The van der Waals surface area contributed by atoms with Gasteiger partial charge in [0.15, 0.2) is 0 Å². The Balaban J connectivity index is 1.91. The molecule has 2 heterocycles. The predicted molar refractivity (Wildman–Crippen MR) is 73.2 cm³/mol. The molecule has 0 radical (unpaired) electrons. The molecule has 1 atom stereocenters. The number of aromatic nitrogens is 2. The third kappa shape index (κ3) is 2.15. The van der Waals surface area contributed by atoms with Crippen molar-refractivity contribution in [2.24, 2.45) is 5.92 Å². The smallest absolute Gasteiger partial charge is 0.310 e. The fraction of sp³-hybridized carbons (Fsp3) is 0.333. The second-order valence-electron chi connectivity index (χ2n) is 4.97. The van der Waals surface area contributed by atoms with E-state index in [1.54, 1.807) is 12.1 Å². The van der Waals surface area contributed by atoms with Crippen molar-refractivity contribution in [3.8, 4) is 17.0 Å². The highest BCUT2D eigenvalue weighted by Gasteiger charge is 2.26. The van der Waals surface area contributed by atoms with Gasteiger partial charge in [-0.15, -0.1) is 0 Å². The molecule has 1 aromatic heterocycles. The van der Waals surface area contributed by atoms with Crippen LogP contribution in [0.5, 0.6) is 5.75 Å². The van der Waals surface area contributed by atoms with Crippen molar-refractivity contribution in [1.29, 1.82) is 0 Å². The minimum atomic E-state index is -0.173. The Hall–Kier alpha value is -2.30. The van der Waals surface area contributed by atoms with Crippen LogP contribution in [-0.4, -0.2) is 27.7 Å². The summed E-state index contributed by atoms with van der Waals surface area (Å²) in [6, 6.07) is 7.12. The number of hydrogen-bond acceptors (Lipinski definition) is 4. The van der Waals surface area contributed by atoms with E-state index in [2.05, 4.69) is 4.98 Å². The minimum Gasteiger partial charge on any atom is -0.507 e. The van der Waals surface area contributed by atoms with Gasteiger partial charge < -0.3 is 14.4 Å². The first-order valence-corrected chi connectivity index (χ1v) is 6.61. The molecule has 1 aromatic carbocycles. The van der Waals surface area contributed by atoms with Crippen LogP contribution in [0, 0.1) is 5.92 Å². The molecule has 0 fully saturated rings. The number of para-hydroxylation sites is 1. The third-order valence-corrected chi connectivity index (χ3v) is 3.71. The number of benzene rings is 1. The molecule has 5 heteroatoms. The zero-order valence-corrected chi connectivity index (χ0v) is 11.2. The van der Waals surface area contributed by atoms with Gasteiger partial charge in [-0.25, -0.2) is 4.98 Å². The second kappa shape index (κ2) is 5.00. The molecule has 1 N–H and O–H groups in total. The zero-order chi connectivity index (χ0) is 14.1. The predicted octanol–water partition coefficient (Wildman–Crippen LogP) is 1.99. The number of imidazole rings is 1. The van der Waals surface area contributed by atoms with Gasteiger partial charge in [0.1, 0.15) is 11.6 Å². The molecule has 1 aliphatic rings. The summed E-state index contributed by atoms with van der Waals surface area (Å²) in [6.45, 7) is 0.586. The lowest BCUT2D eigenvalue weighted by Crippen LogP contribution is -2.27. The molecule has 0 saturated heterocycles. The lowest BCUT2D eigenvalue weighted by atomic mass is 10.00. The first kappa shape index (κ1) is 12.7. The third-order valence-electron chi connectivity index (χ3n) is 3.71. The van der Waals surface area contributed by atoms with E-state index >= 15 is 0 Å². The maximum absolute atomic E-state index is 11.6. The average Bonchev–Trinajstić information content (AvgIpc) is 2.89. The fourth-order valence-electron chi connectivity index (χ4n) is 2.62. The highest BCUT2D eigenvalue weighted by atomic mass is 16.5. The number of ether oxygens (including phenoxy) is 1. The first-order chi connectivity index (χ1) is 9.69. The Morgan fingerprint density at radius 1 is 1.45 bits per heavy atom. The molecule has 0 aliphatic carbocycles. The summed E-state index contributed by atoms with van der Waals surface area (Å²) >= 11 is 0. The number of rotatable bonds is 2. The second-order valence-corrected chi connectivity index (χ2v) is 4.97. The normalized spacial score (nSPS) is 17.6. The Labute approximate surface area is 116 Å². The van der Waals surface area contributed by atoms with Crippen molar-refractivity contribution in [2.75, 3.05) is 7.11 Å². The van der Waals surface area contributed by atoms with Crippen molar-refractivity contribution in [3.05, 3.63) is 36.3 Å². The van der Waals surface area contributed by atoms with Gasteiger partial charge >= 0.3 is 5.97 Å². The maximum atomic E-state index is 11.6. The topological polar surface area (TPSA) is 64.3 Å². The van der Waals surface area contributed by atoms with E-state index in [-0.39, 0.29) is 17.6 Å². The molecular weight excluding hydrogens is 256 g/mol. The molecular formula is C15H16N2O3. The van der Waals surface area contributed by atoms with Gasteiger partial charge in [0.2, 0.25) is 0 Å². The molecule has 0 spiro atoms. The lowest BCUT2D eigenvalue weighted by molar-refractivity contribution is -0.146. The highest BCUT2D eigenvalue weighted by molar-refractivity contribution is 5.72. The summed E-state index contributed by atoms with van der Waals surface area (Å²) in [6.07, 6.45) is 3.39. The van der Waals surface area contributed by atoms with Crippen LogP contribution >= 0.6 is 0 Å². The number of aromatic hydroxyl groups is 1. The van der Waals surface area contributed by atoms with Crippen LogP contribution in [-0.2, 0) is 22.5 Å². The fourth-order valence-corrected chi connectivity index (χ4v) is 2.62. The number of methoxy groups -OCH3 is 1. The SMILES string of the molecule is COC(=O)C1CCc2nc(-c3ccccc3O)cn2C1. The maximum Gasteiger partial charge on any atom is 0.310 e. The Morgan fingerprint density at radius 3 is 3.00 bits per heavy atom. The summed E-state index contributed by atoms with van der Waals surface area (Å²) in [5.74, 6) is 0.878. The van der Waals surface area contributed by atoms with E-state index in [1.165, 1.54) is 7.11 Å². The zero-order valence-electron chi connectivity index (χ0n) is 11.2. The van der Waals surface area contributed by atoms with Crippen molar-refractivity contribution in [3.63, 3.8) is 0 Å². The van der Waals surface area contributed by atoms with E-state index in [9.17, 15) is 9.90 Å². The van der Waals surface area contributed by atoms with Crippen molar-refractivity contribution in [2.45, 2.75) is 19.4 Å². The Morgan fingerprint density at radius 2 is 2.25 bits per heavy atom. The van der Waals surface area contributed by atoms with Gasteiger partial charge in [-0.2, -0.15) is 0 Å². The number of nitrogens with zero attached hydrogens (tertiary/aromatic N) is 2. The molecule has 1 unspecified atom stereocenters. The van der Waals surface area contributed by atoms with E-state index in [0.29, 0.717) is 12.1 Å². The molecule has 5 nitrogen and oxygen atoms in total. The number of hydrogen-bond donors (Lipinski definition) is 1. The molecule has 20 heavy (non-hydrogen) atoms. The molecule has 0 amide bonds. The van der Waals surface area contributed by atoms with Gasteiger partial charge in [-0.3, -0.25) is 4.79 Å². The van der Waals surface area contributed by atoms with Crippen LogP contribution in [0.4, 0.5) is 0 Å². The molecule has 3 rings (SSSR count). The number of phenols is 1. The standard InChI is InChI=1S/C15H16N2O3/c1-20-15(19)10-6-7-14-16-12(9-17(14)8-10)11-4-2-3-5-13(11)18/h2-5,9-10,18H,6-8H2,1H3. The summed E-state index contributed by atoms with van der Waals surface area (Å²) in [4.78, 5) is 16.2. The van der Waals surface area contributed by atoms with Crippen LogP contribution in [0.15, 0.2) is 30.5 Å². The molecule has 0 bridgehead atoms. The number of phenolic OH excluding ortho intramolecular Hbond substituents is 1. The molecule has 2 aromatic rings. The van der Waals surface area contributed by atoms with E-state index in [1.807, 2.05) is 22.9 Å². The Kier molecular flexibility index (Phi) is 3.18. The van der Waals surface area contributed by atoms with Gasteiger partial charge in [-0.1, -0.05) is 12.1 Å². The average molecular weight is 272 g/mol. The molecule has 104 valence electrons. The van der Waals surface area contributed by atoms with Gasteiger partial charge in [0.05, 0.1) is 18.7 Å². The number of aryl methyl sites for hydroxylation is 1. The van der Waals surface area contributed by atoms with Crippen LogP contribution in [0.1, 0.15) is 12.2 Å². The van der Waals surface area contributed by atoms with Crippen LogP contribution < -0.4 is 0 Å². The number of esters is 1. The van der Waals surface area contributed by atoms with Crippen molar-refractivity contribution >= 4 is 5.97 Å². The van der Waals surface area contributed by atoms with E-state index < -0.39 is 0 Å². The van der Waals surface area contributed by atoms with Crippen LogP contribution in [0.25, 0.3) is 11.3 Å². The largest absolute Gasteiger partial charge is 0.507 e. The summed E-state index contributed by atoms with van der Waals surface area (Å²) in [5.41, 5.74) is 1.45. The van der Waals surface area contributed by atoms with E-state index in [0.717, 1.165) is 24.4 Å². The van der Waals surface area contributed by atoms with Gasteiger partial charge in [0.25, 0.3) is 0 Å². The monoisotopic (exact) mass is 272 g/mol.